The Labute approximate surface area is 214 Å². The molecule has 0 radical (unpaired) electrons. The number of hydrogen-bond donors (Lipinski definition) is 3. The Kier molecular flexibility index (Phi) is 6.69. The van der Waals surface area contributed by atoms with E-state index in [2.05, 4.69) is 6.92 Å². The van der Waals surface area contributed by atoms with Crippen LogP contribution in [0.4, 0.5) is 0 Å². The molecular weight excluding hydrogens is 460 g/mol. The number of rotatable bonds is 6. The minimum atomic E-state index is -1.23. The maximum Gasteiger partial charge on any atom is 0.170 e. The van der Waals surface area contributed by atoms with Crippen molar-refractivity contribution in [2.75, 3.05) is 27.9 Å². The number of aliphatic hydroxyl groups is 3. The largest absolute Gasteiger partial charge is 0.828 e. The highest BCUT2D eigenvalue weighted by atomic mass is 16.7. The van der Waals surface area contributed by atoms with Crippen molar-refractivity contribution in [1.82, 2.24) is 0 Å². The number of benzene rings is 1. The average Bonchev–Trinajstić information content (AvgIpc) is 3.17. The van der Waals surface area contributed by atoms with Gasteiger partial charge in [-0.1, -0.05) is 36.8 Å². The molecule has 200 valence electrons. The highest BCUT2D eigenvalue weighted by molar-refractivity contribution is 5.44. The van der Waals surface area contributed by atoms with Gasteiger partial charge in [-0.05, 0) is 67.1 Å². The molecular formula is C29H41O7-. The molecule has 7 nitrogen and oxygen atoms in total. The van der Waals surface area contributed by atoms with Crippen molar-refractivity contribution in [2.45, 2.75) is 87.5 Å². The summed E-state index contributed by atoms with van der Waals surface area (Å²) in [5.41, 5.74) is 1.49. The molecule has 36 heavy (non-hydrogen) atoms. The van der Waals surface area contributed by atoms with Crippen LogP contribution in [0.2, 0.25) is 0 Å². The zero-order valence-corrected chi connectivity index (χ0v) is 22.0. The van der Waals surface area contributed by atoms with Gasteiger partial charge in [0.05, 0.1) is 17.8 Å². The molecule has 0 saturated heterocycles. The Morgan fingerprint density at radius 2 is 1.72 bits per heavy atom. The Balaban J connectivity index is 1.63. The molecule has 0 amide bonds. The van der Waals surface area contributed by atoms with E-state index in [0.717, 1.165) is 24.0 Å². The van der Waals surface area contributed by atoms with Crippen LogP contribution in [0, 0.1) is 17.3 Å². The van der Waals surface area contributed by atoms with Gasteiger partial charge in [-0.2, -0.15) is 0 Å². The first-order chi connectivity index (χ1) is 17.1. The lowest BCUT2D eigenvalue weighted by atomic mass is 9.49. The number of methoxy groups -OCH3 is 3. The predicted molar refractivity (Wildman–Crippen MR) is 132 cm³/mol. The molecule has 3 fully saturated rings. The Bertz CT molecular complexity index is 1000. The summed E-state index contributed by atoms with van der Waals surface area (Å²) in [5, 5.41) is 46.0. The first-order valence-corrected chi connectivity index (χ1v) is 13.3. The van der Waals surface area contributed by atoms with Crippen molar-refractivity contribution in [3.8, 4) is 0 Å². The monoisotopic (exact) mass is 501 g/mol. The molecule has 0 aromatic heterocycles. The molecule has 0 heterocycles. The lowest BCUT2D eigenvalue weighted by Gasteiger charge is -2.57. The van der Waals surface area contributed by atoms with Crippen molar-refractivity contribution < 1.29 is 34.6 Å². The smallest absolute Gasteiger partial charge is 0.170 e. The third-order valence-corrected chi connectivity index (χ3v) is 10.6. The van der Waals surface area contributed by atoms with E-state index >= 15 is 0 Å². The fraction of sp³-hybridized carbons (Fsp3) is 0.724. The third kappa shape index (κ3) is 3.74. The van der Waals surface area contributed by atoms with E-state index in [0.29, 0.717) is 44.1 Å². The molecule has 7 atom stereocenters. The number of fused-ring (bicyclic) bond motifs is 4. The normalized spacial score (nSPS) is 40.4. The van der Waals surface area contributed by atoms with Gasteiger partial charge in [0.1, 0.15) is 0 Å². The molecule has 4 aliphatic carbocycles. The number of ether oxygens (including phenoxy) is 3. The van der Waals surface area contributed by atoms with Crippen LogP contribution < -0.4 is 5.11 Å². The predicted octanol–water partition coefficient (Wildman–Crippen LogP) is 2.93. The summed E-state index contributed by atoms with van der Waals surface area (Å²) in [6, 6.07) is 7.65. The van der Waals surface area contributed by atoms with Crippen molar-refractivity contribution in [1.29, 1.82) is 0 Å². The van der Waals surface area contributed by atoms with Crippen LogP contribution >= 0.6 is 0 Å². The molecule has 3 saturated carbocycles. The van der Waals surface area contributed by atoms with Gasteiger partial charge >= 0.3 is 0 Å². The number of allylic oxidation sites excluding steroid dienone is 1. The van der Waals surface area contributed by atoms with Gasteiger partial charge in [0, 0.05) is 51.8 Å². The molecule has 7 heteroatoms. The second kappa shape index (κ2) is 9.16. The van der Waals surface area contributed by atoms with Gasteiger partial charge in [-0.3, -0.25) is 0 Å². The van der Waals surface area contributed by atoms with E-state index < -0.39 is 28.7 Å². The molecule has 5 rings (SSSR count). The van der Waals surface area contributed by atoms with E-state index in [1.165, 1.54) is 12.7 Å². The fourth-order valence-electron chi connectivity index (χ4n) is 8.38. The molecule has 3 N–H and O–H groups in total. The van der Waals surface area contributed by atoms with Gasteiger partial charge in [0.15, 0.2) is 5.79 Å². The summed E-state index contributed by atoms with van der Waals surface area (Å²) < 4.78 is 16.5. The zero-order chi connectivity index (χ0) is 25.9. The SMILES string of the molecule is COC([O-])c1ccc([C@H]2C[C@@]3(C)[C@@H](CC[C@@]3(O)CO)[C@@H]3CC[C@@]4(O)CC(OC)(OC)CCC4=C32)cc1. The van der Waals surface area contributed by atoms with Gasteiger partial charge in [-0.15, -0.1) is 0 Å². The second-order valence-electron chi connectivity index (χ2n) is 11.8. The van der Waals surface area contributed by atoms with Crippen LogP contribution in [-0.4, -0.2) is 60.2 Å². The number of hydrogen-bond acceptors (Lipinski definition) is 7. The highest BCUT2D eigenvalue weighted by Gasteiger charge is 2.64. The first-order valence-electron chi connectivity index (χ1n) is 13.3. The summed E-state index contributed by atoms with van der Waals surface area (Å²) in [6.45, 7) is 1.90. The van der Waals surface area contributed by atoms with E-state index in [4.69, 9.17) is 14.2 Å². The van der Waals surface area contributed by atoms with Crippen LogP contribution in [0.1, 0.15) is 81.6 Å². The Morgan fingerprint density at radius 3 is 2.33 bits per heavy atom. The topological polar surface area (TPSA) is 111 Å². The van der Waals surface area contributed by atoms with Gasteiger partial charge in [0.25, 0.3) is 0 Å². The van der Waals surface area contributed by atoms with E-state index in [1.54, 1.807) is 14.2 Å². The summed E-state index contributed by atoms with van der Waals surface area (Å²) in [4.78, 5) is 0. The van der Waals surface area contributed by atoms with Gasteiger partial charge < -0.3 is 34.6 Å². The zero-order valence-electron chi connectivity index (χ0n) is 22.0. The minimum Gasteiger partial charge on any atom is -0.828 e. The Morgan fingerprint density at radius 1 is 1.03 bits per heavy atom. The van der Waals surface area contributed by atoms with Crippen molar-refractivity contribution >= 4 is 0 Å². The maximum absolute atomic E-state index is 12.1. The minimum absolute atomic E-state index is 0.0199. The van der Waals surface area contributed by atoms with Crippen LogP contribution in [0.5, 0.6) is 0 Å². The van der Waals surface area contributed by atoms with E-state index in [-0.39, 0.29) is 24.4 Å². The first kappa shape index (κ1) is 26.3. The summed E-state index contributed by atoms with van der Waals surface area (Å²) in [7, 11) is 4.70. The van der Waals surface area contributed by atoms with Crippen LogP contribution in [0.15, 0.2) is 35.4 Å². The van der Waals surface area contributed by atoms with Crippen LogP contribution in [0.3, 0.4) is 0 Å². The molecule has 1 aromatic rings. The highest BCUT2D eigenvalue weighted by Crippen LogP contribution is 2.67. The average molecular weight is 502 g/mol. The maximum atomic E-state index is 12.1. The quantitative estimate of drug-likeness (QED) is 0.406. The van der Waals surface area contributed by atoms with E-state index in [9.17, 15) is 20.4 Å². The molecule has 4 aliphatic rings. The lowest BCUT2D eigenvalue weighted by molar-refractivity contribution is -0.495. The molecule has 1 aromatic carbocycles. The summed E-state index contributed by atoms with van der Waals surface area (Å²) in [5.74, 6) is -0.338. The molecule has 1 unspecified atom stereocenters. The lowest BCUT2D eigenvalue weighted by Crippen LogP contribution is -2.56. The van der Waals surface area contributed by atoms with E-state index in [1.807, 2.05) is 24.3 Å². The van der Waals surface area contributed by atoms with Gasteiger partial charge in [-0.25, -0.2) is 0 Å². The molecule has 0 bridgehead atoms. The molecule has 0 aliphatic heterocycles. The van der Waals surface area contributed by atoms with Crippen molar-refractivity contribution in [3.63, 3.8) is 0 Å². The Hall–Kier alpha value is -1.32. The standard InChI is InChI=1S/C29H41O7/c1-26-15-21(18-5-7-19(8-6-18)25(31)34-2)24-20(22(26)10-13-28(26,33)17-30)9-12-27(32)16-29(35-3,36-4)14-11-23(24)27/h5-8,20-22,25,30,32-33H,9-17H2,1-4H3/q-1/t20-,21+,22-,25?,26-,27+,28+/m0/s1. The summed E-state index contributed by atoms with van der Waals surface area (Å²) >= 11 is 0. The summed E-state index contributed by atoms with van der Waals surface area (Å²) in [6.07, 6.45) is 4.13. The third-order valence-electron chi connectivity index (χ3n) is 10.6. The fourth-order valence-corrected chi connectivity index (χ4v) is 8.38. The second-order valence-corrected chi connectivity index (χ2v) is 11.8. The number of aliphatic hydroxyl groups excluding tert-OH is 1. The van der Waals surface area contributed by atoms with Crippen LogP contribution in [-0.2, 0) is 14.2 Å². The van der Waals surface area contributed by atoms with Gasteiger partial charge in [0.2, 0.25) is 0 Å². The van der Waals surface area contributed by atoms with Crippen molar-refractivity contribution in [2.24, 2.45) is 17.3 Å². The van der Waals surface area contributed by atoms with Crippen molar-refractivity contribution in [3.05, 3.63) is 46.5 Å². The van der Waals surface area contributed by atoms with Crippen LogP contribution in [0.25, 0.3) is 0 Å². The molecule has 0 spiro atoms.